The molecule has 0 amide bonds. The van der Waals surface area contributed by atoms with Crippen LogP contribution in [0.3, 0.4) is 0 Å². The van der Waals surface area contributed by atoms with Gasteiger partial charge in [0, 0.05) is 25.2 Å². The summed E-state index contributed by atoms with van der Waals surface area (Å²) in [5.74, 6) is 0. The molecular formula is C16H36N2O6. The molecule has 0 aromatic rings. The van der Waals surface area contributed by atoms with E-state index < -0.39 is 12.1 Å². The maximum absolute atomic E-state index is 9.57. The lowest BCUT2D eigenvalue weighted by atomic mass is 10.1. The molecule has 0 saturated heterocycles. The van der Waals surface area contributed by atoms with Gasteiger partial charge in [-0.05, 0) is 12.8 Å². The van der Waals surface area contributed by atoms with Crippen molar-refractivity contribution in [2.24, 2.45) is 0 Å². The van der Waals surface area contributed by atoms with Crippen LogP contribution in [0.25, 0.3) is 0 Å². The topological polar surface area (TPSA) is 128 Å². The lowest BCUT2D eigenvalue weighted by molar-refractivity contribution is -0.0135. The Kier molecular flexibility index (Phi) is 13.7. The van der Waals surface area contributed by atoms with Gasteiger partial charge in [0.15, 0.2) is 0 Å². The summed E-state index contributed by atoms with van der Waals surface area (Å²) in [6, 6.07) is -1.38. The average Bonchev–Trinajstić information content (AvgIpc) is 2.62. The van der Waals surface area contributed by atoms with E-state index >= 15 is 0 Å². The van der Waals surface area contributed by atoms with E-state index in [9.17, 15) is 30.6 Å². The largest absolute Gasteiger partial charge is 0.395 e. The molecule has 0 bridgehead atoms. The van der Waals surface area contributed by atoms with E-state index in [-0.39, 0.29) is 51.7 Å². The average molecular weight is 352 g/mol. The van der Waals surface area contributed by atoms with Crippen molar-refractivity contribution in [1.29, 1.82) is 0 Å². The summed E-state index contributed by atoms with van der Waals surface area (Å²) in [4.78, 5) is 3.70. The Hall–Kier alpha value is -0.320. The van der Waals surface area contributed by atoms with Crippen LogP contribution >= 0.6 is 0 Å². The van der Waals surface area contributed by atoms with Gasteiger partial charge in [-0.1, -0.05) is 13.8 Å². The molecule has 0 aromatic carbocycles. The molecule has 0 aliphatic rings. The number of rotatable bonds is 15. The summed E-state index contributed by atoms with van der Waals surface area (Å²) in [7, 11) is 0. The summed E-state index contributed by atoms with van der Waals surface area (Å²) in [6.45, 7) is 3.61. The summed E-state index contributed by atoms with van der Waals surface area (Å²) in [5.41, 5.74) is 0. The summed E-state index contributed by atoms with van der Waals surface area (Å²) in [5, 5.41) is 57.1. The van der Waals surface area contributed by atoms with Crippen molar-refractivity contribution in [2.45, 2.75) is 50.9 Å². The first-order chi connectivity index (χ1) is 11.6. The Morgan fingerprint density at radius 1 is 0.500 bits per heavy atom. The van der Waals surface area contributed by atoms with Crippen molar-refractivity contribution in [3.63, 3.8) is 0 Å². The summed E-state index contributed by atoms with van der Waals surface area (Å²) >= 11 is 0. The highest BCUT2D eigenvalue weighted by Gasteiger charge is 2.28. The zero-order valence-electron chi connectivity index (χ0n) is 15.0. The van der Waals surface area contributed by atoms with Gasteiger partial charge in [0.1, 0.15) is 0 Å². The van der Waals surface area contributed by atoms with Crippen molar-refractivity contribution in [2.75, 3.05) is 52.7 Å². The third-order valence-corrected chi connectivity index (χ3v) is 4.70. The van der Waals surface area contributed by atoms with Gasteiger partial charge in [-0.25, -0.2) is 0 Å². The molecule has 0 saturated carbocycles. The van der Waals surface area contributed by atoms with Gasteiger partial charge in [0.25, 0.3) is 0 Å². The van der Waals surface area contributed by atoms with Crippen LogP contribution in [0, 0.1) is 0 Å². The highest BCUT2D eigenvalue weighted by molar-refractivity contribution is 4.83. The molecule has 0 aliphatic heterocycles. The van der Waals surface area contributed by atoms with Gasteiger partial charge < -0.3 is 30.6 Å². The van der Waals surface area contributed by atoms with Crippen molar-refractivity contribution in [1.82, 2.24) is 9.80 Å². The second-order valence-corrected chi connectivity index (χ2v) is 6.00. The molecule has 0 heterocycles. The highest BCUT2D eigenvalue weighted by atomic mass is 16.3. The Bertz CT molecular complexity index is 230. The monoisotopic (exact) mass is 352 g/mol. The molecule has 2 unspecified atom stereocenters. The zero-order valence-corrected chi connectivity index (χ0v) is 15.0. The SMILES string of the molecule is CCC(CO)N(CCN(C(CC)CO)C(CO)CO)C(CO)CO. The number of hydrogen-bond acceptors (Lipinski definition) is 8. The van der Waals surface area contributed by atoms with Crippen molar-refractivity contribution >= 4 is 0 Å². The second kappa shape index (κ2) is 13.9. The fraction of sp³-hybridized carbons (Fsp3) is 1.00. The number of aliphatic hydroxyl groups excluding tert-OH is 6. The highest BCUT2D eigenvalue weighted by Crippen LogP contribution is 2.13. The fourth-order valence-corrected chi connectivity index (χ4v) is 3.03. The van der Waals surface area contributed by atoms with Gasteiger partial charge in [-0.15, -0.1) is 0 Å². The predicted octanol–water partition coefficient (Wildman–Crippen LogP) is -2.16. The first kappa shape index (κ1) is 23.7. The van der Waals surface area contributed by atoms with Crippen LogP contribution in [0.5, 0.6) is 0 Å². The Labute approximate surface area is 144 Å². The molecule has 0 rings (SSSR count). The quantitative estimate of drug-likeness (QED) is 0.197. The van der Waals surface area contributed by atoms with Crippen molar-refractivity contribution in [3.05, 3.63) is 0 Å². The van der Waals surface area contributed by atoms with E-state index in [0.717, 1.165) is 0 Å². The summed E-state index contributed by atoms with van der Waals surface area (Å²) < 4.78 is 0. The van der Waals surface area contributed by atoms with Crippen LogP contribution < -0.4 is 0 Å². The molecule has 8 nitrogen and oxygen atoms in total. The fourth-order valence-electron chi connectivity index (χ4n) is 3.03. The van der Waals surface area contributed by atoms with E-state index in [2.05, 4.69) is 0 Å². The standard InChI is InChI=1S/C16H36N2O6/c1-3-13(7-19)17(15(9-21)10-22)5-6-18(14(4-2)8-20)16(11-23)12-24/h13-16,19-24H,3-12H2,1-2H3. The van der Waals surface area contributed by atoms with Crippen LogP contribution in [-0.4, -0.2) is 117 Å². The minimum Gasteiger partial charge on any atom is -0.395 e. The molecule has 0 spiro atoms. The molecule has 24 heavy (non-hydrogen) atoms. The van der Waals surface area contributed by atoms with E-state index in [4.69, 9.17) is 0 Å². The van der Waals surface area contributed by atoms with Gasteiger partial charge in [-0.3, -0.25) is 9.80 Å². The Morgan fingerprint density at radius 3 is 0.917 bits per heavy atom. The minimum atomic E-state index is -0.486. The third-order valence-electron chi connectivity index (χ3n) is 4.70. The Balaban J connectivity index is 5.19. The maximum atomic E-state index is 9.57. The molecule has 0 aliphatic carbocycles. The lowest BCUT2D eigenvalue weighted by Gasteiger charge is -2.40. The predicted molar refractivity (Wildman–Crippen MR) is 91.7 cm³/mol. The van der Waals surface area contributed by atoms with Crippen molar-refractivity contribution < 1.29 is 30.6 Å². The van der Waals surface area contributed by atoms with Crippen LogP contribution in [0.1, 0.15) is 26.7 Å². The maximum Gasteiger partial charge on any atom is 0.0609 e. The van der Waals surface area contributed by atoms with E-state index in [0.29, 0.717) is 25.9 Å². The molecule has 0 aromatic heterocycles. The second-order valence-electron chi connectivity index (χ2n) is 6.00. The minimum absolute atomic E-state index is 0.0896. The third kappa shape index (κ3) is 6.89. The zero-order chi connectivity index (χ0) is 18.5. The number of hydrogen-bond donors (Lipinski definition) is 6. The van der Waals surface area contributed by atoms with Crippen molar-refractivity contribution in [3.8, 4) is 0 Å². The van der Waals surface area contributed by atoms with Crippen LogP contribution in [0.2, 0.25) is 0 Å². The summed E-state index contributed by atoms with van der Waals surface area (Å²) in [6.07, 6.45) is 1.32. The molecule has 0 fully saturated rings. The molecule has 6 N–H and O–H groups in total. The van der Waals surface area contributed by atoms with Gasteiger partial charge in [0.05, 0.1) is 51.7 Å². The molecular weight excluding hydrogens is 316 g/mol. The van der Waals surface area contributed by atoms with E-state index in [1.165, 1.54) is 0 Å². The first-order valence-corrected chi connectivity index (χ1v) is 8.74. The molecule has 0 radical (unpaired) electrons. The van der Waals surface area contributed by atoms with Gasteiger partial charge in [0.2, 0.25) is 0 Å². The van der Waals surface area contributed by atoms with Gasteiger partial charge in [-0.2, -0.15) is 0 Å². The molecule has 2 atom stereocenters. The van der Waals surface area contributed by atoms with E-state index in [1.807, 2.05) is 23.6 Å². The molecule has 8 heteroatoms. The van der Waals surface area contributed by atoms with Gasteiger partial charge >= 0.3 is 0 Å². The normalized spacial score (nSPS) is 15.0. The number of nitrogens with zero attached hydrogens (tertiary/aromatic N) is 2. The first-order valence-electron chi connectivity index (χ1n) is 8.74. The lowest BCUT2D eigenvalue weighted by Crippen LogP contribution is -2.55. The van der Waals surface area contributed by atoms with Crippen LogP contribution in [0.4, 0.5) is 0 Å². The molecule has 146 valence electrons. The van der Waals surface area contributed by atoms with Crippen LogP contribution in [0.15, 0.2) is 0 Å². The smallest absolute Gasteiger partial charge is 0.0609 e. The number of aliphatic hydroxyl groups is 6. The van der Waals surface area contributed by atoms with E-state index in [1.54, 1.807) is 0 Å². The Morgan fingerprint density at radius 2 is 0.750 bits per heavy atom. The van der Waals surface area contributed by atoms with Crippen LogP contribution in [-0.2, 0) is 0 Å².